The number of thiophene rings is 1. The highest BCUT2D eigenvalue weighted by molar-refractivity contribution is 7.17. The Morgan fingerprint density at radius 3 is 2.13 bits per heavy atom. The van der Waals surface area contributed by atoms with Crippen molar-refractivity contribution in [1.29, 1.82) is 0 Å². The van der Waals surface area contributed by atoms with Crippen molar-refractivity contribution in [2.24, 2.45) is 0 Å². The SMILES string of the molecule is Cc1ccc2c(c1)[Si](C)(C)c1cc(C)cc3c1N2c1sc(C=C2C(=O)N(C)C(=O)N(C)C2=O)cc1C3(C)C. The Kier molecular flexibility index (Phi) is 5.07. The highest BCUT2D eigenvalue weighted by Crippen LogP contribution is 2.56. The van der Waals surface area contributed by atoms with Gasteiger partial charge >= 0.3 is 6.03 Å². The number of fused-ring (bicyclic) bond motifs is 4. The summed E-state index contributed by atoms with van der Waals surface area (Å²) < 4.78 is 0. The van der Waals surface area contributed by atoms with E-state index in [1.807, 2.05) is 0 Å². The van der Waals surface area contributed by atoms with Crippen LogP contribution in [0.5, 0.6) is 0 Å². The molecular formula is C30H31N3O3SSi. The van der Waals surface area contributed by atoms with Gasteiger partial charge in [0, 0.05) is 30.1 Å². The van der Waals surface area contributed by atoms with Crippen LogP contribution in [0.3, 0.4) is 0 Å². The van der Waals surface area contributed by atoms with Gasteiger partial charge in [0.15, 0.2) is 0 Å². The van der Waals surface area contributed by atoms with Crippen molar-refractivity contribution in [1.82, 2.24) is 9.80 Å². The Balaban J connectivity index is 1.61. The maximum atomic E-state index is 12.9. The molecule has 0 atom stereocenters. The molecule has 1 fully saturated rings. The molecule has 4 amide bonds. The molecule has 2 aromatic carbocycles. The van der Waals surface area contributed by atoms with E-state index in [1.54, 1.807) is 17.4 Å². The van der Waals surface area contributed by atoms with Crippen LogP contribution in [0.4, 0.5) is 21.2 Å². The number of aryl methyl sites for hydroxylation is 2. The van der Waals surface area contributed by atoms with Gasteiger partial charge in [-0.2, -0.15) is 0 Å². The molecule has 3 aliphatic heterocycles. The zero-order valence-electron chi connectivity index (χ0n) is 23.0. The lowest BCUT2D eigenvalue weighted by molar-refractivity contribution is -0.134. The maximum Gasteiger partial charge on any atom is 0.333 e. The number of likely N-dealkylation sites (N-methyl/N-ethyl adjacent to an activating group) is 2. The average Bonchev–Trinajstić information content (AvgIpc) is 3.29. The highest BCUT2D eigenvalue weighted by atomic mass is 32.1. The van der Waals surface area contributed by atoms with Gasteiger partial charge < -0.3 is 4.90 Å². The average molecular weight is 542 g/mol. The van der Waals surface area contributed by atoms with E-state index >= 15 is 0 Å². The van der Waals surface area contributed by atoms with Crippen molar-refractivity contribution in [3.63, 3.8) is 0 Å². The number of urea groups is 1. The standard InChI is InChI=1S/C30H31N3O3SSi/c1-16-9-10-22-23(12-16)38(7,8)24-13-17(2)11-20-25(24)33(22)28-21(30(20,3)4)15-18(37-28)14-19-26(34)31(5)29(36)32(6)27(19)35/h9-15H,1-8H3. The van der Waals surface area contributed by atoms with Gasteiger partial charge in [-0.05, 0) is 53.6 Å². The number of hydrogen-bond acceptors (Lipinski definition) is 5. The summed E-state index contributed by atoms with van der Waals surface area (Å²) in [6, 6.07) is 13.0. The largest absolute Gasteiger partial charge is 0.333 e. The molecule has 4 heterocycles. The first-order valence-corrected chi connectivity index (χ1v) is 16.6. The molecule has 1 aromatic heterocycles. The smallest absolute Gasteiger partial charge is 0.302 e. The predicted octanol–water partition coefficient (Wildman–Crippen LogP) is 5.04. The minimum absolute atomic E-state index is 0.00302. The number of nitrogens with zero attached hydrogens (tertiary/aromatic N) is 3. The summed E-state index contributed by atoms with van der Waals surface area (Å²) in [7, 11) is 0.827. The third-order valence-corrected chi connectivity index (χ3v) is 13.0. The summed E-state index contributed by atoms with van der Waals surface area (Å²) in [5, 5.41) is 3.97. The molecular weight excluding hydrogens is 511 g/mol. The zero-order valence-corrected chi connectivity index (χ0v) is 24.8. The molecule has 6 rings (SSSR count). The fraction of sp³-hybridized carbons (Fsp3) is 0.300. The lowest BCUT2D eigenvalue weighted by atomic mass is 9.75. The predicted molar refractivity (Wildman–Crippen MR) is 156 cm³/mol. The monoisotopic (exact) mass is 541 g/mol. The van der Waals surface area contributed by atoms with Crippen LogP contribution in [0.25, 0.3) is 6.08 Å². The van der Waals surface area contributed by atoms with Crippen LogP contribution in [0, 0.1) is 13.8 Å². The summed E-state index contributed by atoms with van der Waals surface area (Å²) >= 11 is 1.59. The summed E-state index contributed by atoms with van der Waals surface area (Å²) in [4.78, 5) is 43.3. The van der Waals surface area contributed by atoms with Crippen molar-refractivity contribution in [3.05, 3.63) is 69.1 Å². The van der Waals surface area contributed by atoms with E-state index in [4.69, 9.17) is 0 Å². The third-order valence-electron chi connectivity index (χ3n) is 8.43. The first-order chi connectivity index (χ1) is 17.7. The lowest BCUT2D eigenvalue weighted by Crippen LogP contribution is -2.60. The number of anilines is 3. The fourth-order valence-corrected chi connectivity index (χ4v) is 10.6. The molecule has 6 nitrogen and oxygen atoms in total. The summed E-state index contributed by atoms with van der Waals surface area (Å²) in [5.41, 5.74) is 7.23. The normalized spacial score (nSPS) is 18.9. The molecule has 0 radical (unpaired) electrons. The second-order valence-corrected chi connectivity index (χ2v) is 17.1. The van der Waals surface area contributed by atoms with Crippen LogP contribution in [-0.4, -0.2) is 49.8 Å². The molecule has 0 bridgehead atoms. The zero-order chi connectivity index (χ0) is 27.5. The lowest BCUT2D eigenvalue weighted by Gasteiger charge is -2.48. The minimum Gasteiger partial charge on any atom is -0.302 e. The molecule has 0 N–H and O–H groups in total. The van der Waals surface area contributed by atoms with Gasteiger partial charge in [0.05, 0.1) is 5.69 Å². The highest BCUT2D eigenvalue weighted by Gasteiger charge is 2.47. The Bertz CT molecular complexity index is 1620. The van der Waals surface area contributed by atoms with E-state index in [0.717, 1.165) is 19.7 Å². The quantitative estimate of drug-likeness (QED) is 0.246. The van der Waals surface area contributed by atoms with Crippen molar-refractivity contribution in [2.75, 3.05) is 19.0 Å². The summed E-state index contributed by atoms with van der Waals surface area (Å²) in [6.07, 6.45) is 1.65. The molecule has 3 aromatic rings. The summed E-state index contributed by atoms with van der Waals surface area (Å²) in [5.74, 6) is -1.15. The van der Waals surface area contributed by atoms with Gasteiger partial charge in [-0.15, -0.1) is 11.3 Å². The van der Waals surface area contributed by atoms with Crippen molar-refractivity contribution in [2.45, 2.75) is 46.2 Å². The first-order valence-electron chi connectivity index (χ1n) is 12.8. The van der Waals surface area contributed by atoms with Crippen molar-refractivity contribution >= 4 is 70.1 Å². The molecule has 194 valence electrons. The second-order valence-electron chi connectivity index (χ2n) is 11.8. The number of carbonyl (C=O) groups excluding carboxylic acids is 3. The van der Waals surface area contributed by atoms with Gasteiger partial charge in [0.25, 0.3) is 11.8 Å². The molecule has 38 heavy (non-hydrogen) atoms. The molecule has 8 heteroatoms. The minimum atomic E-state index is -1.98. The van der Waals surface area contributed by atoms with Gasteiger partial charge in [0.2, 0.25) is 0 Å². The Hall–Kier alpha value is -3.49. The van der Waals surface area contributed by atoms with Gasteiger partial charge in [-0.3, -0.25) is 19.4 Å². The Morgan fingerprint density at radius 1 is 0.842 bits per heavy atom. The van der Waals surface area contributed by atoms with Crippen molar-refractivity contribution in [3.8, 4) is 0 Å². The number of amides is 4. The molecule has 0 aliphatic carbocycles. The van der Waals surface area contributed by atoms with Crippen molar-refractivity contribution < 1.29 is 14.4 Å². The van der Waals surface area contributed by atoms with Crippen LogP contribution in [0.15, 0.2) is 42.0 Å². The van der Waals surface area contributed by atoms with E-state index < -0.39 is 25.9 Å². The van der Waals surface area contributed by atoms with Crippen LogP contribution >= 0.6 is 11.3 Å². The second kappa shape index (κ2) is 7.77. The number of hydrogen-bond donors (Lipinski definition) is 0. The van der Waals surface area contributed by atoms with E-state index in [1.165, 1.54) is 58.1 Å². The maximum absolute atomic E-state index is 12.9. The Morgan fingerprint density at radius 2 is 1.47 bits per heavy atom. The number of barbiturate groups is 1. The molecule has 0 saturated carbocycles. The number of rotatable bonds is 1. The van der Waals surface area contributed by atoms with E-state index in [2.05, 4.69) is 82.1 Å². The molecule has 0 spiro atoms. The van der Waals surface area contributed by atoms with Gasteiger partial charge in [-0.1, -0.05) is 62.3 Å². The van der Waals surface area contributed by atoms with Crippen LogP contribution < -0.4 is 15.3 Å². The summed E-state index contributed by atoms with van der Waals surface area (Å²) in [6.45, 7) is 13.7. The topological polar surface area (TPSA) is 60.9 Å². The fourth-order valence-electron chi connectivity index (χ4n) is 6.14. The van der Waals surface area contributed by atoms with Crippen LogP contribution in [-0.2, 0) is 15.0 Å². The van der Waals surface area contributed by atoms with Gasteiger partial charge in [-0.25, -0.2) is 4.79 Å². The van der Waals surface area contributed by atoms with E-state index in [9.17, 15) is 14.4 Å². The van der Waals surface area contributed by atoms with E-state index in [0.29, 0.717) is 0 Å². The molecule has 1 saturated heterocycles. The number of carbonyl (C=O) groups is 3. The number of benzene rings is 2. The molecule has 0 unspecified atom stereocenters. The van der Waals surface area contributed by atoms with Crippen LogP contribution in [0.2, 0.25) is 13.1 Å². The van der Waals surface area contributed by atoms with Gasteiger partial charge in [0.1, 0.15) is 18.6 Å². The number of imide groups is 2. The van der Waals surface area contributed by atoms with E-state index in [-0.39, 0.29) is 11.0 Å². The Labute approximate surface area is 228 Å². The third kappa shape index (κ3) is 3.13. The molecule has 3 aliphatic rings. The van der Waals surface area contributed by atoms with Crippen LogP contribution in [0.1, 0.15) is 41.0 Å². The first kappa shape index (κ1) is 24.8.